The van der Waals surface area contributed by atoms with Gasteiger partial charge < -0.3 is 9.47 Å². The van der Waals surface area contributed by atoms with Gasteiger partial charge in [0.05, 0.1) is 22.6 Å². The Bertz CT molecular complexity index is 1400. The third-order valence-electron chi connectivity index (χ3n) is 6.12. The van der Waals surface area contributed by atoms with Gasteiger partial charge >= 0.3 is 0 Å². The predicted molar refractivity (Wildman–Crippen MR) is 121 cm³/mol. The van der Waals surface area contributed by atoms with Crippen LogP contribution in [0.25, 0.3) is 22.5 Å². The van der Waals surface area contributed by atoms with Crippen LogP contribution in [0.2, 0.25) is 0 Å². The van der Waals surface area contributed by atoms with Crippen molar-refractivity contribution in [3.8, 4) is 28.6 Å². The van der Waals surface area contributed by atoms with Gasteiger partial charge in [0.15, 0.2) is 11.5 Å². The predicted octanol–water partition coefficient (Wildman–Crippen LogP) is 3.95. The van der Waals surface area contributed by atoms with Crippen molar-refractivity contribution in [3.63, 3.8) is 0 Å². The first-order valence-corrected chi connectivity index (χ1v) is 10.9. The first-order valence-electron chi connectivity index (χ1n) is 10.9. The number of rotatable bonds is 4. The van der Waals surface area contributed by atoms with Gasteiger partial charge in [0, 0.05) is 56.5 Å². The second-order valence-electron chi connectivity index (χ2n) is 8.32. The highest BCUT2D eigenvalue weighted by atomic mass is 19.1. The van der Waals surface area contributed by atoms with Crippen LogP contribution in [0.4, 0.5) is 18.9 Å². The van der Waals surface area contributed by atoms with Gasteiger partial charge in [-0.15, -0.1) is 10.2 Å². The highest BCUT2D eigenvalue weighted by Crippen LogP contribution is 2.41. The molecule has 0 bridgehead atoms. The number of nitrogens with zero attached hydrogens (tertiary/aromatic N) is 8. The molecule has 0 spiro atoms. The highest BCUT2D eigenvalue weighted by molar-refractivity contribution is 5.82. The summed E-state index contributed by atoms with van der Waals surface area (Å²) in [5.41, 5.74) is 0.922. The molecule has 4 aromatic rings. The lowest BCUT2D eigenvalue weighted by Gasteiger charge is -2.38. The third-order valence-corrected chi connectivity index (χ3v) is 6.12. The molecule has 8 nitrogen and oxygen atoms in total. The van der Waals surface area contributed by atoms with E-state index >= 15 is 4.39 Å². The summed E-state index contributed by atoms with van der Waals surface area (Å²) >= 11 is 0. The van der Waals surface area contributed by atoms with E-state index in [9.17, 15) is 14.0 Å². The van der Waals surface area contributed by atoms with Crippen molar-refractivity contribution < 1.29 is 13.2 Å². The van der Waals surface area contributed by atoms with Gasteiger partial charge in [0.2, 0.25) is 11.9 Å². The average Bonchev–Trinajstić information content (AvgIpc) is 3.31. The number of alkyl halides is 1. The minimum absolute atomic E-state index is 0.134. The normalized spacial score (nSPS) is 15.1. The average molecular weight is 476 g/mol. The highest BCUT2D eigenvalue weighted by Gasteiger charge is 2.41. The molecule has 0 aromatic carbocycles. The molecule has 5 rings (SSSR count). The number of hydrogen-bond acceptors (Lipinski definition) is 7. The molecule has 0 radical (unpaired) electrons. The van der Waals surface area contributed by atoms with Crippen molar-refractivity contribution in [2.24, 2.45) is 7.05 Å². The second kappa shape index (κ2) is 8.79. The van der Waals surface area contributed by atoms with Crippen LogP contribution in [0.3, 0.4) is 0 Å². The van der Waals surface area contributed by atoms with Crippen LogP contribution >= 0.6 is 0 Å². The van der Waals surface area contributed by atoms with Crippen LogP contribution in [0.5, 0.6) is 0 Å². The molecule has 11 heteroatoms. The quantitative estimate of drug-likeness (QED) is 0.412. The number of anilines is 1. The van der Waals surface area contributed by atoms with E-state index in [1.54, 1.807) is 17.7 Å². The minimum atomic E-state index is -1.65. The molecule has 1 aliphatic heterocycles. The van der Waals surface area contributed by atoms with E-state index in [1.807, 2.05) is 4.90 Å². The molecule has 0 N–H and O–H groups in total. The van der Waals surface area contributed by atoms with E-state index in [4.69, 9.17) is 4.98 Å². The standard InChI is InChI=1S/C24H19F3N8/c1-34-14-31-33-23(34)24(27)6-8-35(9-7-24)22-17(11-28)10-18(15-2-4-19(25)29-12-15)32-21(22)16-3-5-20(26)30-13-16/h2-5,10,12-14H,6-9H2,1H3. The van der Waals surface area contributed by atoms with Crippen LogP contribution in [-0.4, -0.2) is 42.8 Å². The van der Waals surface area contributed by atoms with Crippen LogP contribution in [0.1, 0.15) is 24.2 Å². The summed E-state index contributed by atoms with van der Waals surface area (Å²) in [6.07, 6.45) is 4.39. The molecule has 5 heterocycles. The van der Waals surface area contributed by atoms with Gasteiger partial charge in [-0.2, -0.15) is 14.0 Å². The van der Waals surface area contributed by atoms with Gasteiger partial charge in [-0.1, -0.05) is 0 Å². The monoisotopic (exact) mass is 476 g/mol. The minimum Gasteiger partial charge on any atom is -0.368 e. The Labute approximate surface area is 198 Å². The first-order chi connectivity index (χ1) is 16.9. The van der Waals surface area contributed by atoms with E-state index < -0.39 is 17.6 Å². The van der Waals surface area contributed by atoms with Crippen LogP contribution < -0.4 is 4.90 Å². The van der Waals surface area contributed by atoms with Gasteiger partial charge in [0.1, 0.15) is 12.4 Å². The van der Waals surface area contributed by atoms with Crippen molar-refractivity contribution in [3.05, 3.63) is 72.3 Å². The summed E-state index contributed by atoms with van der Waals surface area (Å²) in [4.78, 5) is 14.0. The fourth-order valence-electron chi connectivity index (χ4n) is 4.33. The number of pyridine rings is 3. The fraction of sp³-hybridized carbons (Fsp3) is 0.250. The van der Waals surface area contributed by atoms with E-state index in [2.05, 4.69) is 26.2 Å². The van der Waals surface area contributed by atoms with E-state index in [-0.39, 0.29) is 18.7 Å². The largest absolute Gasteiger partial charge is 0.368 e. The smallest absolute Gasteiger partial charge is 0.212 e. The van der Waals surface area contributed by atoms with Crippen LogP contribution in [-0.2, 0) is 12.7 Å². The lowest BCUT2D eigenvalue weighted by molar-refractivity contribution is 0.109. The lowest BCUT2D eigenvalue weighted by Crippen LogP contribution is -2.42. The van der Waals surface area contributed by atoms with E-state index in [0.717, 1.165) is 0 Å². The van der Waals surface area contributed by atoms with Gasteiger partial charge in [-0.25, -0.2) is 19.3 Å². The summed E-state index contributed by atoms with van der Waals surface area (Å²) in [5, 5.41) is 17.8. The van der Waals surface area contributed by atoms with Gasteiger partial charge in [-0.3, -0.25) is 0 Å². The zero-order chi connectivity index (χ0) is 24.6. The maximum Gasteiger partial charge on any atom is 0.212 e. The summed E-state index contributed by atoms with van der Waals surface area (Å²) < 4.78 is 44.2. The number of halogens is 3. The second-order valence-corrected chi connectivity index (χ2v) is 8.32. The number of aromatic nitrogens is 6. The molecule has 1 fully saturated rings. The van der Waals surface area contributed by atoms with Crippen molar-refractivity contribution in [2.75, 3.05) is 18.0 Å². The Balaban J connectivity index is 1.58. The Morgan fingerprint density at radius 1 is 1.00 bits per heavy atom. The fourth-order valence-corrected chi connectivity index (χ4v) is 4.33. The molecule has 0 atom stereocenters. The number of piperidine rings is 1. The third kappa shape index (κ3) is 4.19. The molecule has 0 aliphatic carbocycles. The van der Waals surface area contributed by atoms with Gasteiger partial charge in [0.25, 0.3) is 0 Å². The van der Waals surface area contributed by atoms with Crippen molar-refractivity contribution in [1.82, 2.24) is 29.7 Å². The molecule has 0 saturated carbocycles. The topological polar surface area (TPSA) is 96.4 Å². The number of nitriles is 1. The zero-order valence-electron chi connectivity index (χ0n) is 18.7. The Hall–Kier alpha value is -4.33. The SMILES string of the molecule is Cn1cnnc1C1(F)CCN(c2c(C#N)cc(-c3ccc(F)nc3)nc2-c2ccc(F)nc2)CC1. The summed E-state index contributed by atoms with van der Waals surface area (Å²) in [6.45, 7) is 0.581. The molecule has 35 heavy (non-hydrogen) atoms. The molecule has 1 aliphatic rings. The Kier molecular flexibility index (Phi) is 5.64. The maximum absolute atomic E-state index is 15.7. The van der Waals surface area contributed by atoms with E-state index in [0.29, 0.717) is 46.9 Å². The van der Waals surface area contributed by atoms with Gasteiger partial charge in [-0.05, 0) is 30.3 Å². The molecule has 0 amide bonds. The summed E-state index contributed by atoms with van der Waals surface area (Å²) in [7, 11) is 1.70. The molecule has 4 aromatic heterocycles. The maximum atomic E-state index is 15.7. The van der Waals surface area contributed by atoms with Crippen molar-refractivity contribution >= 4 is 5.69 Å². The lowest BCUT2D eigenvalue weighted by atomic mass is 9.91. The summed E-state index contributed by atoms with van der Waals surface area (Å²) in [5.74, 6) is -1.03. The number of hydrogen-bond donors (Lipinski definition) is 0. The first kappa shape index (κ1) is 22.5. The van der Waals surface area contributed by atoms with Crippen molar-refractivity contribution in [2.45, 2.75) is 18.5 Å². The van der Waals surface area contributed by atoms with Crippen molar-refractivity contribution in [1.29, 1.82) is 5.26 Å². The molecule has 1 saturated heterocycles. The molecular weight excluding hydrogens is 457 g/mol. The summed E-state index contributed by atoms with van der Waals surface area (Å²) in [6, 6.07) is 9.23. The number of aryl methyl sites for hydroxylation is 1. The molecule has 176 valence electrons. The zero-order valence-corrected chi connectivity index (χ0v) is 18.7. The van der Waals surface area contributed by atoms with Crippen LogP contribution in [0.15, 0.2) is 49.1 Å². The molecule has 0 unspecified atom stereocenters. The Morgan fingerprint density at radius 2 is 1.66 bits per heavy atom. The Morgan fingerprint density at radius 3 is 2.20 bits per heavy atom. The molecular formula is C24H19F3N8. The van der Waals surface area contributed by atoms with Crippen LogP contribution in [0, 0.1) is 23.2 Å². The van der Waals surface area contributed by atoms with E-state index in [1.165, 1.54) is 43.0 Å².